The van der Waals surface area contributed by atoms with Gasteiger partial charge in [0.05, 0.1) is 11.4 Å². The molecule has 22 heavy (non-hydrogen) atoms. The summed E-state index contributed by atoms with van der Waals surface area (Å²) in [5.41, 5.74) is 3.67. The molecule has 0 saturated carbocycles. The Kier molecular flexibility index (Phi) is 3.30. The van der Waals surface area contributed by atoms with Crippen LogP contribution >= 0.6 is 0 Å². The summed E-state index contributed by atoms with van der Waals surface area (Å²) in [6.45, 7) is 3.11. The van der Waals surface area contributed by atoms with Gasteiger partial charge >= 0.3 is 0 Å². The molecule has 3 aromatic rings. The second-order valence-electron chi connectivity index (χ2n) is 5.33. The normalized spacial score (nSPS) is 14.0. The smallest absolute Gasteiger partial charge is 0.0708 e. The molecule has 2 heterocycles. The van der Waals surface area contributed by atoms with E-state index in [-0.39, 0.29) is 5.69 Å². The van der Waals surface area contributed by atoms with Crippen LogP contribution in [0.5, 0.6) is 0 Å². The number of pyridine rings is 2. The molecular formula is C20H20N2. The maximum absolute atomic E-state index is 8.26. The monoisotopic (exact) mass is 291 g/mol. The summed E-state index contributed by atoms with van der Waals surface area (Å²) in [5.74, 6) is -1.29. The second kappa shape index (κ2) is 6.52. The summed E-state index contributed by atoms with van der Waals surface area (Å²) in [6, 6.07) is 19.0. The fraction of sp³-hybridized carbons (Fsp3) is 0.200. The molecule has 0 amide bonds. The second-order valence-corrected chi connectivity index (χ2v) is 5.33. The first-order chi connectivity index (χ1) is 11.8. The van der Waals surface area contributed by atoms with Crippen molar-refractivity contribution in [1.29, 1.82) is 0 Å². The highest BCUT2D eigenvalue weighted by Crippen LogP contribution is 2.23. The lowest BCUT2D eigenvalue weighted by molar-refractivity contribution is 0.636. The molecule has 1 aromatic carbocycles. The van der Waals surface area contributed by atoms with Gasteiger partial charge in [-0.1, -0.05) is 50.2 Å². The lowest BCUT2D eigenvalue weighted by atomic mass is 10.0. The lowest BCUT2D eigenvalue weighted by Gasteiger charge is -2.08. The first-order valence-corrected chi connectivity index (χ1v) is 7.28. The van der Waals surface area contributed by atoms with Crippen LogP contribution in [-0.2, 0) is 6.37 Å². The van der Waals surface area contributed by atoms with Crippen LogP contribution in [0.25, 0.3) is 22.5 Å². The average molecular weight is 291 g/mol. The van der Waals surface area contributed by atoms with Crippen molar-refractivity contribution < 1.29 is 4.11 Å². The number of aromatic nitrogens is 2. The maximum Gasteiger partial charge on any atom is 0.0708 e. The number of hydrogen-bond acceptors (Lipinski definition) is 2. The Morgan fingerprint density at radius 2 is 1.77 bits per heavy atom. The van der Waals surface area contributed by atoms with Gasteiger partial charge in [0.1, 0.15) is 0 Å². The zero-order chi connectivity index (χ0) is 18.1. The number of hydrogen-bond donors (Lipinski definition) is 0. The summed E-state index contributed by atoms with van der Waals surface area (Å²) in [7, 11) is 0. The summed E-state index contributed by atoms with van der Waals surface area (Å²) in [6.07, 6.45) is -0.118. The van der Waals surface area contributed by atoms with E-state index in [1.54, 1.807) is 32.2 Å². The molecule has 0 bridgehead atoms. The third-order valence-electron chi connectivity index (χ3n) is 3.25. The Morgan fingerprint density at radius 3 is 2.55 bits per heavy atom. The summed E-state index contributed by atoms with van der Waals surface area (Å²) in [5, 5.41) is 0. The topological polar surface area (TPSA) is 25.8 Å². The van der Waals surface area contributed by atoms with Gasteiger partial charge in [0.15, 0.2) is 0 Å². The van der Waals surface area contributed by atoms with Crippen LogP contribution in [0.4, 0.5) is 0 Å². The first-order valence-electron chi connectivity index (χ1n) is 8.78. The SMILES string of the molecule is [2H]C(C)(C)C([2H])([2H])c1cccc(-c2ccnc(-c3ccccc3)c2)n1. The van der Waals surface area contributed by atoms with Crippen LogP contribution in [0.2, 0.25) is 0 Å². The Hall–Kier alpha value is -2.48. The molecule has 0 fully saturated rings. The van der Waals surface area contributed by atoms with Crippen molar-refractivity contribution >= 4 is 0 Å². The summed E-state index contributed by atoms with van der Waals surface area (Å²) < 4.78 is 24.6. The van der Waals surface area contributed by atoms with Crippen molar-refractivity contribution in [3.63, 3.8) is 0 Å². The third kappa shape index (κ3) is 3.40. The molecule has 3 rings (SSSR count). The van der Waals surface area contributed by atoms with Gasteiger partial charge in [0.25, 0.3) is 0 Å². The van der Waals surface area contributed by atoms with Crippen LogP contribution in [0.3, 0.4) is 0 Å². The lowest BCUT2D eigenvalue weighted by Crippen LogP contribution is -1.98. The number of rotatable bonds is 4. The molecule has 0 aliphatic carbocycles. The number of nitrogens with zero attached hydrogens (tertiary/aromatic N) is 2. The quantitative estimate of drug-likeness (QED) is 0.675. The highest BCUT2D eigenvalue weighted by molar-refractivity contribution is 5.68. The predicted molar refractivity (Wildman–Crippen MR) is 91.4 cm³/mol. The van der Waals surface area contributed by atoms with Gasteiger partial charge in [-0.3, -0.25) is 9.97 Å². The van der Waals surface area contributed by atoms with E-state index in [9.17, 15) is 0 Å². The summed E-state index contributed by atoms with van der Waals surface area (Å²) in [4.78, 5) is 8.91. The van der Waals surface area contributed by atoms with Crippen LogP contribution in [0.15, 0.2) is 66.9 Å². The van der Waals surface area contributed by atoms with Gasteiger partial charge in [-0.25, -0.2) is 0 Å². The standard InChI is InChI=1S/C20H20N2/c1-15(2)13-18-9-6-10-19(22-18)17-11-12-21-20(14-17)16-7-4-3-5-8-16/h3-12,14-15H,13H2,1-2H3/i13D2,15D. The highest BCUT2D eigenvalue weighted by Gasteiger charge is 2.05. The Morgan fingerprint density at radius 1 is 0.955 bits per heavy atom. The molecule has 0 aliphatic heterocycles. The van der Waals surface area contributed by atoms with Gasteiger partial charge in [-0.05, 0) is 36.5 Å². The molecule has 0 aliphatic rings. The van der Waals surface area contributed by atoms with Gasteiger partial charge < -0.3 is 0 Å². The molecule has 0 unspecified atom stereocenters. The average Bonchev–Trinajstić information content (AvgIpc) is 2.62. The van der Waals surface area contributed by atoms with Crippen LogP contribution < -0.4 is 0 Å². The van der Waals surface area contributed by atoms with Gasteiger partial charge in [-0.15, -0.1) is 0 Å². The van der Waals surface area contributed by atoms with E-state index in [4.69, 9.17) is 4.11 Å². The molecule has 2 heteroatoms. The van der Waals surface area contributed by atoms with Crippen LogP contribution in [-0.4, -0.2) is 9.97 Å². The molecule has 110 valence electrons. The maximum atomic E-state index is 8.26. The van der Waals surface area contributed by atoms with Crippen molar-refractivity contribution in [2.45, 2.75) is 20.2 Å². The van der Waals surface area contributed by atoms with Crippen molar-refractivity contribution in [2.75, 3.05) is 0 Å². The fourth-order valence-corrected chi connectivity index (χ4v) is 2.28. The molecule has 2 aromatic heterocycles. The Bertz CT molecular complexity index is 871. The van der Waals surface area contributed by atoms with Crippen molar-refractivity contribution in [3.05, 3.63) is 72.6 Å². The van der Waals surface area contributed by atoms with E-state index in [1.807, 2.05) is 48.5 Å². The minimum Gasteiger partial charge on any atom is -0.256 e. The first kappa shape index (κ1) is 11.1. The molecule has 2 nitrogen and oxygen atoms in total. The molecule has 0 radical (unpaired) electrons. The van der Waals surface area contributed by atoms with E-state index in [2.05, 4.69) is 9.97 Å². The van der Waals surface area contributed by atoms with E-state index in [0.717, 1.165) is 16.8 Å². The molecule has 0 atom stereocenters. The van der Waals surface area contributed by atoms with Crippen molar-refractivity contribution in [1.82, 2.24) is 9.97 Å². The minimum absolute atomic E-state index is 0.267. The number of benzene rings is 1. The largest absolute Gasteiger partial charge is 0.256 e. The van der Waals surface area contributed by atoms with Gasteiger partial charge in [-0.2, -0.15) is 0 Å². The zero-order valence-corrected chi connectivity index (χ0v) is 12.7. The molecule has 0 saturated heterocycles. The van der Waals surface area contributed by atoms with Gasteiger partial charge in [0.2, 0.25) is 0 Å². The van der Waals surface area contributed by atoms with E-state index in [0.29, 0.717) is 5.69 Å². The zero-order valence-electron chi connectivity index (χ0n) is 15.7. The predicted octanol–water partition coefficient (Wildman–Crippen LogP) is 5.01. The molecule has 0 spiro atoms. The fourth-order valence-electron chi connectivity index (χ4n) is 2.28. The molecule has 0 N–H and O–H groups in total. The van der Waals surface area contributed by atoms with E-state index < -0.39 is 12.3 Å². The highest BCUT2D eigenvalue weighted by atomic mass is 14.7. The van der Waals surface area contributed by atoms with Crippen molar-refractivity contribution in [3.8, 4) is 22.5 Å². The van der Waals surface area contributed by atoms with Crippen molar-refractivity contribution in [2.24, 2.45) is 5.89 Å². The van der Waals surface area contributed by atoms with Crippen LogP contribution in [0, 0.1) is 5.89 Å². The van der Waals surface area contributed by atoms with E-state index >= 15 is 0 Å². The summed E-state index contributed by atoms with van der Waals surface area (Å²) >= 11 is 0. The Labute approximate surface area is 136 Å². The van der Waals surface area contributed by atoms with E-state index in [1.165, 1.54) is 0 Å². The van der Waals surface area contributed by atoms with Crippen LogP contribution in [0.1, 0.15) is 23.7 Å². The minimum atomic E-state index is -1.85. The Balaban J connectivity index is 2.03. The third-order valence-corrected chi connectivity index (χ3v) is 3.25. The molecular weight excluding hydrogens is 268 g/mol. The van der Waals surface area contributed by atoms with Gasteiger partial charge in [0, 0.05) is 27.1 Å².